The Kier molecular flexibility index (Phi) is 4.84. The predicted octanol–water partition coefficient (Wildman–Crippen LogP) is 5.93. The fourth-order valence-electron chi connectivity index (χ4n) is 3.61. The van der Waals surface area contributed by atoms with Crippen molar-refractivity contribution < 1.29 is 4.79 Å². The molecule has 24 heavy (non-hydrogen) atoms. The normalized spacial score (nSPS) is 12.5. The molecule has 2 nitrogen and oxygen atoms in total. The van der Waals surface area contributed by atoms with E-state index in [2.05, 4.69) is 43.5 Å². The van der Waals surface area contributed by atoms with Crippen LogP contribution < -0.4 is 0 Å². The Morgan fingerprint density at radius 1 is 1.04 bits per heavy atom. The van der Waals surface area contributed by atoms with E-state index in [4.69, 9.17) is 0 Å². The fourth-order valence-corrected chi connectivity index (χ4v) is 3.61. The Hall–Kier alpha value is -2.35. The molecule has 2 heteroatoms. The Bertz CT molecular complexity index is 845. The summed E-state index contributed by atoms with van der Waals surface area (Å²) in [6, 6.07) is 18.3. The first-order valence-electron chi connectivity index (χ1n) is 8.84. The number of rotatable bonds is 6. The van der Waals surface area contributed by atoms with Crippen LogP contribution in [-0.2, 0) is 0 Å². The van der Waals surface area contributed by atoms with Gasteiger partial charge in [0, 0.05) is 28.2 Å². The van der Waals surface area contributed by atoms with Crippen LogP contribution in [0.1, 0.15) is 60.8 Å². The van der Waals surface area contributed by atoms with Crippen molar-refractivity contribution in [1.82, 2.24) is 4.57 Å². The summed E-state index contributed by atoms with van der Waals surface area (Å²) in [7, 11) is 0. The number of fused-ring (bicyclic) bond motifs is 1. The minimum Gasteiger partial charge on any atom is -0.341 e. The second-order valence-corrected chi connectivity index (χ2v) is 6.53. The van der Waals surface area contributed by atoms with Gasteiger partial charge in [-0.2, -0.15) is 0 Å². The summed E-state index contributed by atoms with van der Waals surface area (Å²) >= 11 is 0. The van der Waals surface area contributed by atoms with Crippen LogP contribution in [0.2, 0.25) is 0 Å². The lowest BCUT2D eigenvalue weighted by Crippen LogP contribution is -2.09. The maximum absolute atomic E-state index is 13.1. The lowest BCUT2D eigenvalue weighted by Gasteiger charge is -2.17. The number of benzene rings is 2. The number of carbonyl (C=O) groups excluding carboxylic acids is 1. The molecule has 124 valence electrons. The highest BCUT2D eigenvalue weighted by Crippen LogP contribution is 2.32. The number of unbranched alkanes of at least 4 members (excludes halogenated alkanes) is 1. The summed E-state index contributed by atoms with van der Waals surface area (Å²) in [4.78, 5) is 13.1. The molecule has 2 aromatic carbocycles. The van der Waals surface area contributed by atoms with Gasteiger partial charge in [0.25, 0.3) is 0 Å². The minimum atomic E-state index is 0.116. The van der Waals surface area contributed by atoms with Crippen LogP contribution >= 0.6 is 0 Å². The Morgan fingerprint density at radius 3 is 2.42 bits per heavy atom. The molecule has 0 fully saturated rings. The molecule has 1 aromatic heterocycles. The molecule has 0 amide bonds. The van der Waals surface area contributed by atoms with Crippen LogP contribution in [0.4, 0.5) is 0 Å². The molecule has 1 heterocycles. The van der Waals surface area contributed by atoms with Crippen molar-refractivity contribution in [2.75, 3.05) is 0 Å². The third-order valence-corrected chi connectivity index (χ3v) is 4.84. The number of ketones is 1. The number of hydrogen-bond acceptors (Lipinski definition) is 1. The molecule has 1 unspecified atom stereocenters. The number of carbonyl (C=O) groups is 1. The summed E-state index contributed by atoms with van der Waals surface area (Å²) in [5.41, 5.74) is 3.84. The van der Waals surface area contributed by atoms with Gasteiger partial charge in [0.2, 0.25) is 0 Å². The largest absolute Gasteiger partial charge is 0.341 e. The molecule has 0 aliphatic carbocycles. The van der Waals surface area contributed by atoms with Gasteiger partial charge in [-0.3, -0.25) is 4.79 Å². The van der Waals surface area contributed by atoms with Gasteiger partial charge < -0.3 is 4.57 Å². The molecular weight excluding hydrogens is 294 g/mol. The van der Waals surface area contributed by atoms with Gasteiger partial charge in [-0.15, -0.1) is 0 Å². The summed E-state index contributed by atoms with van der Waals surface area (Å²) < 4.78 is 2.35. The van der Waals surface area contributed by atoms with Gasteiger partial charge in [-0.05, 0) is 26.3 Å². The topological polar surface area (TPSA) is 22.0 Å². The molecule has 0 spiro atoms. The summed E-state index contributed by atoms with van der Waals surface area (Å²) in [6.07, 6.45) is 3.53. The SMILES string of the molecule is CCCCC(C)n1c(C)c(C(=O)c2ccccc2)c2ccccc21. The van der Waals surface area contributed by atoms with E-state index < -0.39 is 0 Å². The Balaban J connectivity index is 2.15. The highest BCUT2D eigenvalue weighted by molar-refractivity contribution is 6.17. The predicted molar refractivity (Wildman–Crippen MR) is 101 cm³/mol. The molecule has 0 aliphatic heterocycles. The number of nitrogens with zero attached hydrogens (tertiary/aromatic N) is 1. The van der Waals surface area contributed by atoms with Crippen molar-refractivity contribution in [3.8, 4) is 0 Å². The van der Waals surface area contributed by atoms with Gasteiger partial charge in [0.15, 0.2) is 5.78 Å². The van der Waals surface area contributed by atoms with E-state index in [9.17, 15) is 4.79 Å². The minimum absolute atomic E-state index is 0.116. The van der Waals surface area contributed by atoms with Crippen molar-refractivity contribution in [1.29, 1.82) is 0 Å². The quantitative estimate of drug-likeness (QED) is 0.516. The lowest BCUT2D eigenvalue weighted by molar-refractivity contribution is 0.103. The number of aromatic nitrogens is 1. The zero-order valence-corrected chi connectivity index (χ0v) is 14.8. The van der Waals surface area contributed by atoms with E-state index in [1.54, 1.807) is 0 Å². The van der Waals surface area contributed by atoms with Crippen LogP contribution in [0.5, 0.6) is 0 Å². The van der Waals surface area contributed by atoms with E-state index in [1.807, 2.05) is 36.4 Å². The van der Waals surface area contributed by atoms with E-state index in [1.165, 1.54) is 12.8 Å². The van der Waals surface area contributed by atoms with Crippen LogP contribution in [-0.4, -0.2) is 10.4 Å². The van der Waals surface area contributed by atoms with Gasteiger partial charge in [0.1, 0.15) is 0 Å². The molecule has 0 bridgehead atoms. The third-order valence-electron chi connectivity index (χ3n) is 4.84. The van der Waals surface area contributed by atoms with Crippen LogP contribution in [0.25, 0.3) is 10.9 Å². The summed E-state index contributed by atoms with van der Waals surface area (Å²) in [5.74, 6) is 0.116. The van der Waals surface area contributed by atoms with Gasteiger partial charge in [0.05, 0.1) is 5.56 Å². The second kappa shape index (κ2) is 7.04. The van der Waals surface area contributed by atoms with Crippen LogP contribution in [0.3, 0.4) is 0 Å². The molecule has 0 saturated carbocycles. The Labute approximate surface area is 144 Å². The highest BCUT2D eigenvalue weighted by Gasteiger charge is 2.22. The molecule has 3 rings (SSSR count). The van der Waals surface area contributed by atoms with Gasteiger partial charge >= 0.3 is 0 Å². The number of para-hydroxylation sites is 1. The first-order chi connectivity index (χ1) is 11.6. The lowest BCUT2D eigenvalue weighted by atomic mass is 10.0. The number of hydrogen-bond donors (Lipinski definition) is 0. The average molecular weight is 319 g/mol. The monoisotopic (exact) mass is 319 g/mol. The van der Waals surface area contributed by atoms with Crippen molar-refractivity contribution in [2.24, 2.45) is 0 Å². The first kappa shape index (κ1) is 16.5. The van der Waals surface area contributed by atoms with E-state index in [0.717, 1.165) is 34.1 Å². The maximum Gasteiger partial charge on any atom is 0.195 e. The zero-order valence-electron chi connectivity index (χ0n) is 14.8. The maximum atomic E-state index is 13.1. The molecule has 0 saturated heterocycles. The van der Waals surface area contributed by atoms with Gasteiger partial charge in [-0.1, -0.05) is 68.3 Å². The second-order valence-electron chi connectivity index (χ2n) is 6.53. The van der Waals surface area contributed by atoms with Crippen LogP contribution in [0.15, 0.2) is 54.6 Å². The van der Waals surface area contributed by atoms with Crippen molar-refractivity contribution >= 4 is 16.7 Å². The molecule has 1 atom stereocenters. The first-order valence-corrected chi connectivity index (χ1v) is 8.84. The zero-order chi connectivity index (χ0) is 17.1. The van der Waals surface area contributed by atoms with Crippen molar-refractivity contribution in [3.05, 3.63) is 71.4 Å². The van der Waals surface area contributed by atoms with Crippen molar-refractivity contribution in [2.45, 2.75) is 46.1 Å². The van der Waals surface area contributed by atoms with E-state index in [-0.39, 0.29) is 5.78 Å². The summed E-state index contributed by atoms with van der Waals surface area (Å²) in [6.45, 7) is 6.56. The summed E-state index contributed by atoms with van der Waals surface area (Å²) in [5, 5.41) is 1.06. The standard InChI is InChI=1S/C22H25NO/c1-4-5-11-16(2)23-17(3)21(19-14-9-10-15-20(19)23)22(24)18-12-7-6-8-13-18/h6-10,12-16H,4-5,11H2,1-3H3. The molecule has 0 N–H and O–H groups in total. The molecule has 3 aromatic rings. The van der Waals surface area contributed by atoms with Crippen LogP contribution in [0, 0.1) is 6.92 Å². The smallest absolute Gasteiger partial charge is 0.195 e. The third kappa shape index (κ3) is 2.89. The molecular formula is C22H25NO. The van der Waals surface area contributed by atoms with Crippen molar-refractivity contribution in [3.63, 3.8) is 0 Å². The van der Waals surface area contributed by atoms with E-state index >= 15 is 0 Å². The molecule has 0 radical (unpaired) electrons. The highest BCUT2D eigenvalue weighted by atomic mass is 16.1. The Morgan fingerprint density at radius 2 is 1.71 bits per heavy atom. The molecule has 0 aliphatic rings. The van der Waals surface area contributed by atoms with E-state index in [0.29, 0.717) is 6.04 Å². The average Bonchev–Trinajstić information content (AvgIpc) is 2.91. The fraction of sp³-hybridized carbons (Fsp3) is 0.318. The van der Waals surface area contributed by atoms with Gasteiger partial charge in [-0.25, -0.2) is 0 Å².